The van der Waals surface area contributed by atoms with Crippen LogP contribution in [0.25, 0.3) is 17.3 Å². The first-order valence-electron chi connectivity index (χ1n) is 6.09. The molecule has 0 bridgehead atoms. The summed E-state index contributed by atoms with van der Waals surface area (Å²) in [5.41, 5.74) is -1.20. The van der Waals surface area contributed by atoms with Crippen LogP contribution in [0, 0.1) is 0 Å². The molecule has 3 heterocycles. The van der Waals surface area contributed by atoms with Gasteiger partial charge in [-0.15, -0.1) is 0 Å². The molecular formula is C12H7BrF3N5O2. The predicted molar refractivity (Wildman–Crippen MR) is 74.8 cm³/mol. The highest BCUT2D eigenvalue weighted by Gasteiger charge is 2.37. The predicted octanol–water partition coefficient (Wildman–Crippen LogP) is 2.40. The van der Waals surface area contributed by atoms with Gasteiger partial charge in [0.05, 0.1) is 0 Å². The van der Waals surface area contributed by atoms with Crippen LogP contribution < -0.4 is 5.76 Å². The fourth-order valence-electron chi connectivity index (χ4n) is 1.87. The number of rotatable bonds is 2. The lowest BCUT2D eigenvalue weighted by Gasteiger charge is -2.09. The van der Waals surface area contributed by atoms with Crippen LogP contribution >= 0.6 is 15.9 Å². The summed E-state index contributed by atoms with van der Waals surface area (Å²) in [4.78, 5) is 15.2. The molecule has 0 aliphatic carbocycles. The summed E-state index contributed by atoms with van der Waals surface area (Å²) in [6, 6.07) is 3.69. The van der Waals surface area contributed by atoms with Crippen LogP contribution in [0.15, 0.2) is 38.2 Å². The van der Waals surface area contributed by atoms with Crippen LogP contribution in [-0.2, 0) is 13.2 Å². The van der Waals surface area contributed by atoms with E-state index >= 15 is 0 Å². The van der Waals surface area contributed by atoms with E-state index in [2.05, 4.69) is 35.7 Å². The van der Waals surface area contributed by atoms with Gasteiger partial charge in [0.15, 0.2) is 11.5 Å². The molecule has 7 nitrogen and oxygen atoms in total. The maximum Gasteiger partial charge on any atom is 0.441 e. The van der Waals surface area contributed by atoms with Gasteiger partial charge in [-0.2, -0.15) is 18.3 Å². The standard InChI is InChI=1S/C12H7BrF3N5O2/c1-20-10(19-23-11(20)22)7-4-8(12(14,15)16)21(18-7)9-3-2-6(13)5-17-9/h2-5H,1H3. The van der Waals surface area contributed by atoms with Gasteiger partial charge in [0.25, 0.3) is 0 Å². The second-order valence-electron chi connectivity index (χ2n) is 4.49. The molecule has 3 rings (SSSR count). The summed E-state index contributed by atoms with van der Waals surface area (Å²) in [6.07, 6.45) is -3.31. The minimum Gasteiger partial charge on any atom is -0.295 e. The van der Waals surface area contributed by atoms with Gasteiger partial charge in [-0.1, -0.05) is 5.16 Å². The fourth-order valence-corrected chi connectivity index (χ4v) is 2.10. The van der Waals surface area contributed by atoms with E-state index in [4.69, 9.17) is 0 Å². The average molecular weight is 390 g/mol. The normalized spacial score (nSPS) is 11.9. The van der Waals surface area contributed by atoms with Crippen LogP contribution in [0.1, 0.15) is 5.69 Å². The van der Waals surface area contributed by atoms with Crippen molar-refractivity contribution in [2.45, 2.75) is 6.18 Å². The monoisotopic (exact) mass is 389 g/mol. The first kappa shape index (κ1) is 15.5. The Morgan fingerprint density at radius 2 is 2.04 bits per heavy atom. The van der Waals surface area contributed by atoms with Crippen molar-refractivity contribution >= 4 is 15.9 Å². The molecule has 0 amide bonds. The molecule has 11 heteroatoms. The number of nitrogens with zero attached hydrogens (tertiary/aromatic N) is 5. The van der Waals surface area contributed by atoms with E-state index in [-0.39, 0.29) is 17.3 Å². The van der Waals surface area contributed by atoms with Gasteiger partial charge >= 0.3 is 11.9 Å². The van der Waals surface area contributed by atoms with Crippen molar-refractivity contribution in [2.24, 2.45) is 7.05 Å². The first-order chi connectivity index (χ1) is 10.8. The van der Waals surface area contributed by atoms with E-state index < -0.39 is 17.6 Å². The summed E-state index contributed by atoms with van der Waals surface area (Å²) in [5, 5.41) is 7.29. The van der Waals surface area contributed by atoms with Crippen LogP contribution in [0.4, 0.5) is 13.2 Å². The molecule has 0 aliphatic heterocycles. The second-order valence-corrected chi connectivity index (χ2v) is 5.41. The molecule has 0 saturated carbocycles. The van der Waals surface area contributed by atoms with Gasteiger partial charge in [-0.25, -0.2) is 14.5 Å². The lowest BCUT2D eigenvalue weighted by molar-refractivity contribution is -0.142. The summed E-state index contributed by atoms with van der Waals surface area (Å²) >= 11 is 3.16. The summed E-state index contributed by atoms with van der Waals surface area (Å²) in [5.74, 6) is -0.943. The van der Waals surface area contributed by atoms with Crippen molar-refractivity contribution in [1.29, 1.82) is 0 Å². The molecular weight excluding hydrogens is 383 g/mol. The Labute approximate surface area is 134 Å². The second kappa shape index (κ2) is 5.33. The Kier molecular flexibility index (Phi) is 3.59. The minimum absolute atomic E-state index is 0.0275. The van der Waals surface area contributed by atoms with E-state index in [0.717, 1.165) is 10.6 Å². The number of halogens is 4. The highest BCUT2D eigenvalue weighted by atomic mass is 79.9. The number of pyridine rings is 1. The van der Waals surface area contributed by atoms with Gasteiger partial charge in [-0.3, -0.25) is 9.09 Å². The fraction of sp³-hybridized carbons (Fsp3) is 0.167. The van der Waals surface area contributed by atoms with Crippen molar-refractivity contribution in [2.75, 3.05) is 0 Å². The largest absolute Gasteiger partial charge is 0.441 e. The summed E-state index contributed by atoms with van der Waals surface area (Å²) in [7, 11) is 1.32. The third-order valence-corrected chi connectivity index (χ3v) is 3.43. The molecule has 3 aromatic heterocycles. The smallest absolute Gasteiger partial charge is 0.295 e. The van der Waals surface area contributed by atoms with Crippen molar-refractivity contribution < 1.29 is 17.7 Å². The molecule has 0 aliphatic rings. The Morgan fingerprint density at radius 1 is 1.30 bits per heavy atom. The zero-order valence-electron chi connectivity index (χ0n) is 11.4. The topological polar surface area (TPSA) is 78.7 Å². The minimum atomic E-state index is -4.66. The van der Waals surface area contributed by atoms with Gasteiger partial charge in [0.1, 0.15) is 5.69 Å². The van der Waals surface area contributed by atoms with E-state index in [1.165, 1.54) is 25.4 Å². The van der Waals surface area contributed by atoms with Gasteiger partial charge < -0.3 is 0 Å². The van der Waals surface area contributed by atoms with Crippen LogP contribution in [0.5, 0.6) is 0 Å². The summed E-state index contributed by atoms with van der Waals surface area (Å²) < 4.78 is 46.3. The molecule has 0 atom stereocenters. The highest BCUT2D eigenvalue weighted by Crippen LogP contribution is 2.33. The molecule has 0 fully saturated rings. The van der Waals surface area contributed by atoms with Crippen molar-refractivity contribution in [3.05, 3.63) is 45.1 Å². The van der Waals surface area contributed by atoms with E-state index in [1.54, 1.807) is 0 Å². The van der Waals surface area contributed by atoms with Crippen LogP contribution in [0.2, 0.25) is 0 Å². The van der Waals surface area contributed by atoms with Crippen LogP contribution in [-0.4, -0.2) is 24.5 Å². The Hall–Kier alpha value is -2.43. The van der Waals surface area contributed by atoms with Gasteiger partial charge in [0.2, 0.25) is 5.82 Å². The molecule has 23 heavy (non-hydrogen) atoms. The van der Waals surface area contributed by atoms with E-state index in [9.17, 15) is 18.0 Å². The van der Waals surface area contributed by atoms with Gasteiger partial charge in [0, 0.05) is 23.8 Å². The van der Waals surface area contributed by atoms with Crippen molar-refractivity contribution in [3.8, 4) is 17.3 Å². The Balaban J connectivity index is 2.21. The van der Waals surface area contributed by atoms with Crippen molar-refractivity contribution in [1.82, 2.24) is 24.5 Å². The van der Waals surface area contributed by atoms with Gasteiger partial charge in [-0.05, 0) is 28.1 Å². The number of alkyl halides is 3. The zero-order valence-corrected chi connectivity index (χ0v) is 13.0. The number of hydrogen-bond acceptors (Lipinski definition) is 5. The number of hydrogen-bond donors (Lipinski definition) is 0. The molecule has 0 radical (unpaired) electrons. The average Bonchev–Trinajstić information content (AvgIpc) is 3.05. The van der Waals surface area contributed by atoms with Crippen molar-refractivity contribution in [3.63, 3.8) is 0 Å². The third-order valence-electron chi connectivity index (χ3n) is 2.96. The highest BCUT2D eigenvalue weighted by molar-refractivity contribution is 9.10. The van der Waals surface area contributed by atoms with E-state index in [1.807, 2.05) is 0 Å². The lowest BCUT2D eigenvalue weighted by atomic mass is 10.3. The Bertz CT molecular complexity index is 910. The molecule has 3 aromatic rings. The maximum atomic E-state index is 13.2. The molecule has 0 spiro atoms. The first-order valence-corrected chi connectivity index (χ1v) is 6.89. The van der Waals surface area contributed by atoms with Crippen LogP contribution in [0.3, 0.4) is 0 Å². The maximum absolute atomic E-state index is 13.2. The Morgan fingerprint density at radius 3 is 2.57 bits per heavy atom. The van der Waals surface area contributed by atoms with E-state index in [0.29, 0.717) is 9.15 Å². The quantitative estimate of drug-likeness (QED) is 0.672. The molecule has 0 aromatic carbocycles. The third kappa shape index (κ3) is 2.79. The molecule has 0 saturated heterocycles. The molecule has 0 N–H and O–H groups in total. The zero-order chi connectivity index (χ0) is 16.8. The SMILES string of the molecule is Cn1c(-c2cc(C(F)(F)F)n(-c3ccc(Br)cn3)n2)noc1=O. The lowest BCUT2D eigenvalue weighted by Crippen LogP contribution is -2.14. The molecule has 120 valence electrons. The molecule has 0 unspecified atom stereocenters. The number of aromatic nitrogens is 5. The summed E-state index contributed by atoms with van der Waals surface area (Å²) in [6.45, 7) is 0.